The molecule has 0 N–H and O–H groups in total. The Hall–Kier alpha value is -0.0900. The average Bonchev–Trinajstić information content (AvgIpc) is 2.27. The number of hydrogen-bond acceptors (Lipinski definition) is 3. The normalized spacial score (nSPS) is 22.3. The molecule has 2 nitrogen and oxygen atoms in total. The summed E-state index contributed by atoms with van der Waals surface area (Å²) in [6, 6.07) is 0. The second-order valence-electron chi connectivity index (χ2n) is 1.08. The van der Waals surface area contributed by atoms with Crippen LogP contribution in [0.3, 0.4) is 0 Å². The lowest BCUT2D eigenvalue weighted by molar-refractivity contribution is 0.338. The Balaban J connectivity index is 2.86. The third-order valence-electron chi connectivity index (χ3n) is 0.550. The van der Waals surface area contributed by atoms with Crippen molar-refractivity contribution in [1.29, 1.82) is 0 Å². The van der Waals surface area contributed by atoms with Gasteiger partial charge in [-0.1, -0.05) is 11.3 Å². The van der Waals surface area contributed by atoms with Gasteiger partial charge in [0, 0.05) is 9.47 Å². The van der Waals surface area contributed by atoms with Crippen LogP contribution in [0.2, 0.25) is 0 Å². The second-order valence-corrected chi connectivity index (χ2v) is 2.59. The van der Waals surface area contributed by atoms with Gasteiger partial charge in [0.15, 0.2) is 0 Å². The molecule has 0 aromatic carbocycles. The fourth-order valence-electron chi connectivity index (χ4n) is 0.299. The van der Waals surface area contributed by atoms with Gasteiger partial charge in [-0.25, -0.2) is 0 Å². The van der Waals surface area contributed by atoms with Gasteiger partial charge in [0.1, 0.15) is 4.60 Å². The molecule has 0 saturated heterocycles. The Morgan fingerprint density at radius 3 is 3.78 bits per heavy atom. The van der Waals surface area contributed by atoms with Crippen molar-refractivity contribution in [2.45, 2.75) is 6.85 Å². The molecule has 0 unspecified atom stereocenters. The predicted octanol–water partition coefficient (Wildman–Crippen LogP) is 2.30. The Labute approximate surface area is 74.4 Å². The monoisotopic (exact) mass is 213 g/mol. The molecule has 4 heteroatoms. The summed E-state index contributed by atoms with van der Waals surface area (Å²) in [5, 5.41) is -0.139. The van der Waals surface area contributed by atoms with E-state index in [9.17, 15) is 0 Å². The molecule has 0 aliphatic carbocycles. The van der Waals surface area contributed by atoms with Gasteiger partial charge in [-0.05, 0) is 22.8 Å². The van der Waals surface area contributed by atoms with Gasteiger partial charge >= 0.3 is 0 Å². The summed E-state index contributed by atoms with van der Waals surface area (Å²) in [5.74, 6) is 0. The van der Waals surface area contributed by atoms with Crippen molar-refractivity contribution in [3.8, 4) is 5.19 Å². The molecule has 0 aliphatic rings. The molecular formula is C5H6BrNOS. The van der Waals surface area contributed by atoms with Crippen LogP contribution in [-0.2, 0) is 0 Å². The molecule has 0 radical (unpaired) electrons. The number of aromatic nitrogens is 1. The third-order valence-corrected chi connectivity index (χ3v) is 1.83. The molecule has 1 aromatic heterocycles. The molecule has 0 atom stereocenters. The number of ether oxygens (including phenoxy) is 1. The lowest BCUT2D eigenvalue weighted by Crippen LogP contribution is -1.89. The van der Waals surface area contributed by atoms with Gasteiger partial charge in [0.25, 0.3) is 5.19 Å². The van der Waals surface area contributed by atoms with E-state index >= 15 is 0 Å². The van der Waals surface area contributed by atoms with E-state index < -0.39 is 13.4 Å². The first-order chi connectivity index (χ1) is 6.63. The summed E-state index contributed by atoms with van der Waals surface area (Å²) in [6.45, 7) is -5.70. The summed E-state index contributed by atoms with van der Waals surface area (Å²) in [4.78, 5) is 3.64. The minimum Gasteiger partial charge on any atom is -0.470 e. The summed E-state index contributed by atoms with van der Waals surface area (Å²) in [7, 11) is 0. The number of hydrogen-bond donors (Lipinski definition) is 0. The highest BCUT2D eigenvalue weighted by Crippen LogP contribution is 2.21. The molecular weight excluding hydrogens is 202 g/mol. The molecule has 50 valence electrons. The van der Waals surface area contributed by atoms with Crippen LogP contribution in [0.1, 0.15) is 15.1 Å². The molecule has 0 amide bonds. The van der Waals surface area contributed by atoms with E-state index in [-0.39, 0.29) is 15.2 Å². The quantitative estimate of drug-likeness (QED) is 0.753. The highest BCUT2D eigenvalue weighted by molar-refractivity contribution is 9.10. The number of halogens is 1. The van der Waals surface area contributed by atoms with Crippen LogP contribution in [0.25, 0.3) is 0 Å². The number of thiazole rings is 1. The van der Waals surface area contributed by atoms with E-state index in [0.29, 0.717) is 0 Å². The number of nitrogens with zero attached hydrogens (tertiary/aromatic N) is 1. The lowest BCUT2D eigenvalue weighted by Gasteiger charge is -1.92. The Morgan fingerprint density at radius 1 is 2.33 bits per heavy atom. The fraction of sp³-hybridized carbons (Fsp3) is 0.400. The molecule has 0 bridgehead atoms. The highest BCUT2D eigenvalue weighted by atomic mass is 79.9. The molecule has 0 aliphatic heterocycles. The van der Waals surface area contributed by atoms with E-state index in [1.165, 1.54) is 0 Å². The van der Waals surface area contributed by atoms with Crippen molar-refractivity contribution in [1.82, 2.24) is 4.98 Å². The average molecular weight is 214 g/mol. The Kier molecular flexibility index (Phi) is 0.884. The minimum atomic E-state index is -2.90. The van der Waals surface area contributed by atoms with Gasteiger partial charge in [-0.15, -0.1) is 0 Å². The second kappa shape index (κ2) is 3.17. The fourth-order valence-corrected chi connectivity index (χ4v) is 1.26. The van der Waals surface area contributed by atoms with Crippen LogP contribution >= 0.6 is 27.3 Å². The van der Waals surface area contributed by atoms with Crippen LogP contribution in [0.15, 0.2) is 9.96 Å². The largest absolute Gasteiger partial charge is 0.470 e. The zero-order chi connectivity index (χ0) is 11.9. The Bertz CT molecular complexity index is 343. The standard InChI is InChI=1S/C5H6BrNOS/c1-2-8-5-7-4(6)3-9-5/h3H,2H2,1H3/i1D3,2D2,3D. The van der Waals surface area contributed by atoms with Gasteiger partial charge in [-0.3, -0.25) is 0 Å². The summed E-state index contributed by atoms with van der Waals surface area (Å²) in [5.41, 5.74) is 0. The highest BCUT2D eigenvalue weighted by Gasteiger charge is 1.96. The first kappa shape index (κ1) is 2.51. The topological polar surface area (TPSA) is 22.1 Å². The third kappa shape index (κ3) is 1.95. The van der Waals surface area contributed by atoms with Gasteiger partial charge < -0.3 is 4.74 Å². The molecule has 9 heavy (non-hydrogen) atoms. The molecule has 0 saturated carbocycles. The molecule has 1 aromatic rings. The van der Waals surface area contributed by atoms with Crippen LogP contribution in [0, 0.1) is 0 Å². The van der Waals surface area contributed by atoms with Crippen LogP contribution in [0.5, 0.6) is 5.19 Å². The zero-order valence-corrected chi connectivity index (χ0v) is 6.54. The maximum Gasteiger partial charge on any atom is 0.274 e. The van der Waals surface area contributed by atoms with Crippen molar-refractivity contribution in [3.63, 3.8) is 0 Å². The van der Waals surface area contributed by atoms with E-state index in [4.69, 9.17) is 8.22 Å². The Morgan fingerprint density at radius 2 is 3.22 bits per heavy atom. The smallest absolute Gasteiger partial charge is 0.274 e. The maximum atomic E-state index is 7.27. The van der Waals surface area contributed by atoms with Crippen LogP contribution in [0.4, 0.5) is 0 Å². The van der Waals surface area contributed by atoms with Crippen molar-refractivity contribution in [3.05, 3.63) is 9.96 Å². The van der Waals surface area contributed by atoms with Crippen molar-refractivity contribution >= 4 is 27.3 Å². The van der Waals surface area contributed by atoms with E-state index in [1.54, 1.807) is 0 Å². The molecule has 1 heterocycles. The lowest BCUT2D eigenvalue weighted by atomic mass is 10.9. The van der Waals surface area contributed by atoms with Gasteiger partial charge in [0.2, 0.25) is 0 Å². The van der Waals surface area contributed by atoms with Crippen LogP contribution in [-0.4, -0.2) is 11.5 Å². The zero-order valence-electron chi connectivity index (χ0n) is 10.1. The van der Waals surface area contributed by atoms with Crippen molar-refractivity contribution < 1.29 is 13.0 Å². The minimum absolute atomic E-state index is 0.0475. The first-order valence-electron chi connectivity index (χ1n) is 4.95. The molecule has 1 rings (SSSR count). The summed E-state index contributed by atoms with van der Waals surface area (Å²) >= 11 is 3.70. The number of rotatable bonds is 2. The summed E-state index contributed by atoms with van der Waals surface area (Å²) in [6.07, 6.45) is 0. The van der Waals surface area contributed by atoms with Crippen molar-refractivity contribution in [2.75, 3.05) is 6.56 Å². The first-order valence-corrected chi connectivity index (χ1v) is 3.56. The van der Waals surface area contributed by atoms with Crippen molar-refractivity contribution in [2.24, 2.45) is 0 Å². The predicted molar refractivity (Wildman–Crippen MR) is 41.0 cm³/mol. The van der Waals surface area contributed by atoms with Gasteiger partial charge in [-0.2, -0.15) is 4.98 Å². The SMILES string of the molecule is [2H]c1sc(OC([2H])([2H])C([2H])([2H])[2H])nc1Br. The summed E-state index contributed by atoms with van der Waals surface area (Å²) < 4.78 is 47.1. The van der Waals surface area contributed by atoms with E-state index in [0.717, 1.165) is 11.3 Å². The van der Waals surface area contributed by atoms with Crippen LogP contribution < -0.4 is 4.74 Å². The van der Waals surface area contributed by atoms with E-state index in [2.05, 4.69) is 25.7 Å². The molecule has 0 fully saturated rings. The van der Waals surface area contributed by atoms with Gasteiger partial charge in [0.05, 0.1) is 10.7 Å². The molecule has 0 spiro atoms. The maximum absolute atomic E-state index is 7.27. The van der Waals surface area contributed by atoms with E-state index in [1.807, 2.05) is 0 Å².